The minimum atomic E-state index is -0.790. The number of imide groups is 1. The predicted molar refractivity (Wildman–Crippen MR) is 151 cm³/mol. The number of aromatic amines is 1. The van der Waals surface area contributed by atoms with Crippen molar-refractivity contribution in [2.75, 3.05) is 16.8 Å². The van der Waals surface area contributed by atoms with Crippen LogP contribution in [0.15, 0.2) is 82.6 Å². The summed E-state index contributed by atoms with van der Waals surface area (Å²) in [5.74, 6) is -2.63. The Kier molecular flexibility index (Phi) is 6.77. The molecule has 3 aromatic carbocycles. The number of hydrogen-bond donors (Lipinski definition) is 2. The molecule has 0 spiro atoms. The molecule has 0 bridgehead atoms. The fraction of sp³-hybridized carbons (Fsp3) is 0.172. The van der Waals surface area contributed by atoms with Gasteiger partial charge in [0, 0.05) is 16.5 Å². The zero-order chi connectivity index (χ0) is 28.0. The Bertz CT molecular complexity index is 1700. The number of anilines is 2. The van der Waals surface area contributed by atoms with Crippen molar-refractivity contribution >= 4 is 52.2 Å². The van der Waals surface area contributed by atoms with Crippen LogP contribution in [0.3, 0.4) is 0 Å². The van der Waals surface area contributed by atoms with Crippen LogP contribution in [0.5, 0.6) is 5.75 Å². The van der Waals surface area contributed by atoms with E-state index in [2.05, 4.69) is 10.3 Å². The van der Waals surface area contributed by atoms with Gasteiger partial charge >= 0.3 is 4.87 Å². The molecule has 2 aliphatic heterocycles. The molecule has 3 atom stereocenters. The number of aromatic nitrogens is 1. The third kappa shape index (κ3) is 4.82. The largest absolute Gasteiger partial charge is 0.484 e. The van der Waals surface area contributed by atoms with Gasteiger partial charge in [-0.2, -0.15) is 0 Å². The summed E-state index contributed by atoms with van der Waals surface area (Å²) in [7, 11) is 0. The van der Waals surface area contributed by atoms with E-state index in [1.54, 1.807) is 24.3 Å². The van der Waals surface area contributed by atoms with Gasteiger partial charge in [-0.05, 0) is 66.6 Å². The van der Waals surface area contributed by atoms with Crippen LogP contribution in [-0.4, -0.2) is 34.6 Å². The van der Waals surface area contributed by atoms with Crippen LogP contribution in [0.25, 0.3) is 0 Å². The highest BCUT2D eigenvalue weighted by Crippen LogP contribution is 2.53. The lowest BCUT2D eigenvalue weighted by Gasteiger charge is -2.30. The van der Waals surface area contributed by atoms with Crippen LogP contribution in [0.2, 0.25) is 0 Å². The van der Waals surface area contributed by atoms with Crippen molar-refractivity contribution in [1.29, 1.82) is 0 Å². The Balaban J connectivity index is 1.29. The van der Waals surface area contributed by atoms with E-state index in [1.165, 1.54) is 36.0 Å². The van der Waals surface area contributed by atoms with Gasteiger partial charge in [-0.25, -0.2) is 9.29 Å². The number of amides is 3. The summed E-state index contributed by atoms with van der Waals surface area (Å²) in [5, 5.41) is 2.57. The molecule has 40 heavy (non-hydrogen) atoms. The van der Waals surface area contributed by atoms with E-state index >= 15 is 0 Å². The number of halogens is 1. The molecule has 0 aliphatic carbocycles. The molecule has 2 aliphatic rings. The number of hydrogen-bond acceptors (Lipinski definition) is 7. The number of carbonyl (C=O) groups is 3. The Morgan fingerprint density at radius 3 is 2.58 bits per heavy atom. The van der Waals surface area contributed by atoms with Crippen molar-refractivity contribution in [3.8, 4) is 5.75 Å². The van der Waals surface area contributed by atoms with E-state index in [1.807, 2.05) is 31.2 Å². The zero-order valence-corrected chi connectivity index (χ0v) is 22.7. The second kappa shape index (κ2) is 10.4. The fourth-order valence-electron chi connectivity index (χ4n) is 5.09. The average molecular weight is 576 g/mol. The first kappa shape index (κ1) is 26.0. The van der Waals surface area contributed by atoms with Crippen molar-refractivity contribution < 1.29 is 23.5 Å². The fourth-order valence-corrected chi connectivity index (χ4v) is 7.60. The topological polar surface area (TPSA) is 109 Å². The first-order valence-corrected chi connectivity index (χ1v) is 14.1. The molecule has 0 radical (unpaired) electrons. The maximum atomic E-state index is 13.8. The first-order valence-electron chi connectivity index (χ1n) is 12.4. The smallest absolute Gasteiger partial charge is 0.305 e. The van der Waals surface area contributed by atoms with Gasteiger partial charge in [0.15, 0.2) is 6.61 Å². The van der Waals surface area contributed by atoms with Crippen LogP contribution in [0.1, 0.15) is 21.9 Å². The summed E-state index contributed by atoms with van der Waals surface area (Å²) < 4.78 is 19.3. The molecule has 1 fully saturated rings. The van der Waals surface area contributed by atoms with E-state index in [0.29, 0.717) is 32.6 Å². The van der Waals surface area contributed by atoms with Crippen LogP contribution in [0, 0.1) is 18.7 Å². The third-order valence-corrected chi connectivity index (χ3v) is 9.20. The van der Waals surface area contributed by atoms with Crippen molar-refractivity contribution in [1.82, 2.24) is 4.98 Å². The van der Waals surface area contributed by atoms with Gasteiger partial charge in [0.05, 0.1) is 16.6 Å². The van der Waals surface area contributed by atoms with Gasteiger partial charge < -0.3 is 15.0 Å². The molecule has 1 saturated heterocycles. The van der Waals surface area contributed by atoms with E-state index in [9.17, 15) is 23.6 Å². The number of aryl methyl sites for hydroxylation is 1. The first-order chi connectivity index (χ1) is 19.3. The maximum absolute atomic E-state index is 13.8. The predicted octanol–water partition coefficient (Wildman–Crippen LogP) is 4.70. The lowest BCUT2D eigenvalue weighted by molar-refractivity contribution is -0.122. The number of carbonyl (C=O) groups excluding carboxylic acids is 3. The number of thioether (sulfide) groups is 1. The molecule has 6 rings (SSSR count). The lowest BCUT2D eigenvalue weighted by atomic mass is 9.83. The monoisotopic (exact) mass is 575 g/mol. The maximum Gasteiger partial charge on any atom is 0.305 e. The van der Waals surface area contributed by atoms with Crippen LogP contribution in [-0.2, 0) is 14.4 Å². The molecule has 3 amide bonds. The number of nitrogens with one attached hydrogen (secondary N) is 2. The lowest BCUT2D eigenvalue weighted by Crippen LogP contribution is -2.32. The molecule has 202 valence electrons. The average Bonchev–Trinajstić information content (AvgIpc) is 3.42. The van der Waals surface area contributed by atoms with Gasteiger partial charge in [0.25, 0.3) is 5.91 Å². The molecule has 2 unspecified atom stereocenters. The molecule has 3 heterocycles. The van der Waals surface area contributed by atoms with Crippen molar-refractivity contribution in [3.63, 3.8) is 0 Å². The Morgan fingerprint density at radius 1 is 1.02 bits per heavy atom. The van der Waals surface area contributed by atoms with E-state index in [0.717, 1.165) is 21.8 Å². The number of ether oxygens (including phenoxy) is 1. The highest BCUT2D eigenvalue weighted by molar-refractivity contribution is 8.00. The molecule has 0 saturated carbocycles. The minimum Gasteiger partial charge on any atom is -0.484 e. The highest BCUT2D eigenvalue weighted by atomic mass is 32.2. The standard InChI is InChI=1S/C29H22FN3O5S2/c1-15-4-2-6-18(12-15)31-21(34)14-38-20-7-3-5-16(13-20)22-23-25(39-26-24(22)40-29(37)32-26)28(36)33(27(23)35)19-10-8-17(30)9-11-19/h2-13,22-23,25H,14H2,1H3,(H,31,34)(H,32,37)/t22-,23?,25?/m1/s1. The molecular formula is C29H22FN3O5S2. The second-order valence-electron chi connectivity index (χ2n) is 9.52. The van der Waals surface area contributed by atoms with Gasteiger partial charge in [-0.15, -0.1) is 0 Å². The van der Waals surface area contributed by atoms with Crippen molar-refractivity contribution in [3.05, 3.63) is 104 Å². The molecule has 11 heteroatoms. The van der Waals surface area contributed by atoms with Crippen LogP contribution >= 0.6 is 23.1 Å². The quantitative estimate of drug-likeness (QED) is 0.323. The van der Waals surface area contributed by atoms with Gasteiger partial charge in [0.2, 0.25) is 11.8 Å². The number of nitrogens with zero attached hydrogens (tertiary/aromatic N) is 1. The summed E-state index contributed by atoms with van der Waals surface area (Å²) in [6.45, 7) is 1.70. The molecule has 8 nitrogen and oxygen atoms in total. The van der Waals surface area contributed by atoms with Crippen molar-refractivity contribution in [2.24, 2.45) is 5.92 Å². The Morgan fingerprint density at radius 2 is 1.80 bits per heavy atom. The summed E-state index contributed by atoms with van der Waals surface area (Å²) >= 11 is 2.17. The number of thiazole rings is 1. The number of fused-ring (bicyclic) bond motifs is 2. The minimum absolute atomic E-state index is 0.234. The summed E-state index contributed by atoms with van der Waals surface area (Å²) in [4.78, 5) is 56.3. The normalized spacial score (nSPS) is 19.8. The highest BCUT2D eigenvalue weighted by Gasteiger charge is 2.56. The molecule has 4 aromatic rings. The van der Waals surface area contributed by atoms with Gasteiger partial charge in [-0.1, -0.05) is 47.4 Å². The number of H-pyrrole nitrogens is 1. The van der Waals surface area contributed by atoms with Gasteiger partial charge in [0.1, 0.15) is 16.8 Å². The second-order valence-corrected chi connectivity index (χ2v) is 11.7. The third-order valence-electron chi connectivity index (χ3n) is 6.80. The van der Waals surface area contributed by atoms with Crippen LogP contribution < -0.4 is 19.8 Å². The van der Waals surface area contributed by atoms with E-state index in [4.69, 9.17) is 4.74 Å². The number of rotatable bonds is 6. The zero-order valence-electron chi connectivity index (χ0n) is 21.1. The van der Waals surface area contributed by atoms with E-state index < -0.39 is 34.7 Å². The van der Waals surface area contributed by atoms with Gasteiger partial charge in [-0.3, -0.25) is 19.2 Å². The number of benzene rings is 3. The van der Waals surface area contributed by atoms with E-state index in [-0.39, 0.29) is 17.4 Å². The molecule has 1 aromatic heterocycles. The SMILES string of the molecule is Cc1cccc(NC(=O)COc2cccc([C@H]3c4sc(=O)[nH]c4SC4C(=O)N(c5ccc(F)cc5)C(=O)C43)c2)c1. The summed E-state index contributed by atoms with van der Waals surface area (Å²) in [6.07, 6.45) is 0. The van der Waals surface area contributed by atoms with Crippen LogP contribution in [0.4, 0.5) is 15.8 Å². The summed E-state index contributed by atoms with van der Waals surface area (Å²) in [6, 6.07) is 19.6. The summed E-state index contributed by atoms with van der Waals surface area (Å²) in [5.41, 5.74) is 2.64. The van der Waals surface area contributed by atoms with Crippen molar-refractivity contribution in [2.45, 2.75) is 23.1 Å². The molecular weight excluding hydrogens is 553 g/mol. The Labute approximate surface area is 236 Å². The molecule has 2 N–H and O–H groups in total. The Hall–Kier alpha value is -4.22.